The molecule has 2 unspecified atom stereocenters. The first-order chi connectivity index (χ1) is 10.2. The predicted octanol–water partition coefficient (Wildman–Crippen LogP) is 3.07. The van der Waals surface area contributed by atoms with Crippen molar-refractivity contribution < 1.29 is 4.74 Å². The summed E-state index contributed by atoms with van der Waals surface area (Å²) in [6.45, 7) is 1.72. The summed E-state index contributed by atoms with van der Waals surface area (Å²) in [5.74, 6) is 0.782. The van der Waals surface area contributed by atoms with E-state index in [2.05, 4.69) is 39.9 Å². The van der Waals surface area contributed by atoms with Gasteiger partial charge in [0.2, 0.25) is 0 Å². The van der Waals surface area contributed by atoms with E-state index in [4.69, 9.17) is 16.3 Å². The molecule has 3 heterocycles. The van der Waals surface area contributed by atoms with Gasteiger partial charge in [0.05, 0.1) is 11.6 Å². The van der Waals surface area contributed by atoms with Crippen molar-refractivity contribution in [2.24, 2.45) is 0 Å². The Morgan fingerprint density at radius 2 is 2.10 bits per heavy atom. The molecular formula is C16H16ClN3O. The second kappa shape index (κ2) is 4.98. The molecule has 0 amide bonds. The van der Waals surface area contributed by atoms with Crippen LogP contribution in [0.15, 0.2) is 42.6 Å². The molecule has 2 saturated heterocycles. The highest BCUT2D eigenvalue weighted by Crippen LogP contribution is 2.40. The minimum Gasteiger partial charge on any atom is -0.367 e. The van der Waals surface area contributed by atoms with Crippen molar-refractivity contribution in [3.63, 3.8) is 0 Å². The third-order valence-electron chi connectivity index (χ3n) is 4.22. The van der Waals surface area contributed by atoms with Crippen LogP contribution in [0.25, 0.3) is 0 Å². The number of hydrogen-bond donors (Lipinski definition) is 2. The van der Waals surface area contributed by atoms with E-state index < -0.39 is 0 Å². The summed E-state index contributed by atoms with van der Waals surface area (Å²) in [7, 11) is 0. The maximum Gasteiger partial charge on any atom is 0.130 e. The van der Waals surface area contributed by atoms with Crippen LogP contribution in [0, 0.1) is 0 Å². The van der Waals surface area contributed by atoms with Crippen LogP contribution < -0.4 is 10.6 Å². The first kappa shape index (κ1) is 13.1. The summed E-state index contributed by atoms with van der Waals surface area (Å²) < 4.78 is 5.99. The number of nitrogens with one attached hydrogen (secondary N) is 2. The SMILES string of the molecule is Clc1ccc(Nc2ccc(C34CNC(CO3)C4)cc2)nc1. The van der Waals surface area contributed by atoms with Gasteiger partial charge in [-0.1, -0.05) is 23.7 Å². The zero-order chi connectivity index (χ0) is 14.3. The van der Waals surface area contributed by atoms with Crippen LogP contribution in [0.4, 0.5) is 11.5 Å². The van der Waals surface area contributed by atoms with E-state index in [1.807, 2.05) is 12.1 Å². The highest BCUT2D eigenvalue weighted by atomic mass is 35.5. The second-order valence-corrected chi connectivity index (χ2v) is 6.09. The van der Waals surface area contributed by atoms with Crippen molar-refractivity contribution in [2.75, 3.05) is 18.5 Å². The monoisotopic (exact) mass is 301 g/mol. The molecule has 2 aliphatic rings. The van der Waals surface area contributed by atoms with Gasteiger partial charge in [0.25, 0.3) is 0 Å². The Hall–Kier alpha value is -1.62. The minimum atomic E-state index is -0.123. The van der Waals surface area contributed by atoms with E-state index in [0.717, 1.165) is 31.1 Å². The molecule has 0 aliphatic carbocycles. The minimum absolute atomic E-state index is 0.123. The van der Waals surface area contributed by atoms with Crippen molar-refractivity contribution in [1.29, 1.82) is 0 Å². The van der Waals surface area contributed by atoms with Gasteiger partial charge in [0.15, 0.2) is 0 Å². The van der Waals surface area contributed by atoms with Crippen LogP contribution in [0.5, 0.6) is 0 Å². The molecule has 0 radical (unpaired) electrons. The van der Waals surface area contributed by atoms with Gasteiger partial charge in [0, 0.05) is 24.5 Å². The second-order valence-electron chi connectivity index (χ2n) is 5.65. The molecule has 2 N–H and O–H groups in total. The molecule has 2 atom stereocenters. The molecule has 2 aliphatic heterocycles. The van der Waals surface area contributed by atoms with Gasteiger partial charge in [-0.15, -0.1) is 0 Å². The van der Waals surface area contributed by atoms with E-state index in [1.54, 1.807) is 6.20 Å². The van der Waals surface area contributed by atoms with Crippen LogP contribution in [-0.4, -0.2) is 24.2 Å². The number of hydrogen-bond acceptors (Lipinski definition) is 4. The third-order valence-corrected chi connectivity index (χ3v) is 4.45. The van der Waals surface area contributed by atoms with Gasteiger partial charge in [-0.2, -0.15) is 0 Å². The molecule has 2 bridgehead atoms. The zero-order valence-electron chi connectivity index (χ0n) is 11.5. The Morgan fingerprint density at radius 3 is 2.67 bits per heavy atom. The number of morpholine rings is 1. The maximum absolute atomic E-state index is 5.99. The molecule has 2 fully saturated rings. The van der Waals surface area contributed by atoms with Crippen molar-refractivity contribution in [2.45, 2.75) is 18.1 Å². The number of aromatic nitrogens is 1. The number of rotatable bonds is 3. The van der Waals surface area contributed by atoms with E-state index in [-0.39, 0.29) is 5.60 Å². The largest absolute Gasteiger partial charge is 0.367 e. The van der Waals surface area contributed by atoms with Crippen LogP contribution in [0.3, 0.4) is 0 Å². The highest BCUT2D eigenvalue weighted by molar-refractivity contribution is 6.30. The van der Waals surface area contributed by atoms with Gasteiger partial charge in [-0.05, 0) is 36.2 Å². The van der Waals surface area contributed by atoms with E-state index in [0.29, 0.717) is 11.1 Å². The van der Waals surface area contributed by atoms with Crippen LogP contribution >= 0.6 is 11.6 Å². The summed E-state index contributed by atoms with van der Waals surface area (Å²) in [4.78, 5) is 4.23. The topological polar surface area (TPSA) is 46.2 Å². The molecule has 0 saturated carbocycles. The summed E-state index contributed by atoms with van der Waals surface area (Å²) in [6, 6.07) is 12.6. The number of fused-ring (bicyclic) bond motifs is 2. The van der Waals surface area contributed by atoms with Crippen molar-refractivity contribution in [3.05, 3.63) is 53.2 Å². The van der Waals surface area contributed by atoms with E-state index >= 15 is 0 Å². The lowest BCUT2D eigenvalue weighted by Gasteiger charge is -2.27. The molecule has 5 heteroatoms. The van der Waals surface area contributed by atoms with Crippen molar-refractivity contribution in [1.82, 2.24) is 10.3 Å². The zero-order valence-corrected chi connectivity index (χ0v) is 12.2. The predicted molar refractivity (Wildman–Crippen MR) is 83.0 cm³/mol. The molecule has 0 spiro atoms. The third kappa shape index (κ3) is 2.39. The lowest BCUT2D eigenvalue weighted by atomic mass is 9.93. The van der Waals surface area contributed by atoms with Gasteiger partial charge >= 0.3 is 0 Å². The Balaban J connectivity index is 1.52. The van der Waals surface area contributed by atoms with Gasteiger partial charge in [-0.25, -0.2) is 4.98 Å². The quantitative estimate of drug-likeness (QED) is 0.914. The normalized spacial score (nSPS) is 27.0. The van der Waals surface area contributed by atoms with Gasteiger partial charge in [-0.3, -0.25) is 0 Å². The summed E-state index contributed by atoms with van der Waals surface area (Å²) in [5, 5.41) is 7.39. The van der Waals surface area contributed by atoms with Crippen LogP contribution in [0.2, 0.25) is 5.02 Å². The molecule has 4 nitrogen and oxygen atoms in total. The number of anilines is 2. The lowest BCUT2D eigenvalue weighted by molar-refractivity contribution is -0.00957. The summed E-state index contributed by atoms with van der Waals surface area (Å²) in [5.41, 5.74) is 2.12. The summed E-state index contributed by atoms with van der Waals surface area (Å²) >= 11 is 5.83. The summed E-state index contributed by atoms with van der Waals surface area (Å²) in [6.07, 6.45) is 2.70. The fraction of sp³-hybridized carbons (Fsp3) is 0.312. The molecule has 1 aromatic carbocycles. The molecule has 4 rings (SSSR count). The van der Waals surface area contributed by atoms with Crippen molar-refractivity contribution >= 4 is 23.1 Å². The lowest BCUT2D eigenvalue weighted by Crippen LogP contribution is -2.37. The fourth-order valence-electron chi connectivity index (χ4n) is 3.10. The number of ether oxygens (including phenoxy) is 1. The molecule has 108 valence electrons. The smallest absolute Gasteiger partial charge is 0.130 e. The van der Waals surface area contributed by atoms with E-state index in [9.17, 15) is 0 Å². The van der Waals surface area contributed by atoms with E-state index in [1.165, 1.54) is 5.56 Å². The molecule has 1 aromatic heterocycles. The number of nitrogens with zero attached hydrogens (tertiary/aromatic N) is 1. The number of benzene rings is 1. The first-order valence-corrected chi connectivity index (χ1v) is 7.48. The maximum atomic E-state index is 5.99. The van der Waals surface area contributed by atoms with Crippen molar-refractivity contribution in [3.8, 4) is 0 Å². The molecule has 21 heavy (non-hydrogen) atoms. The standard InChI is InChI=1S/C16H16ClN3O/c17-12-3-6-15(18-8-12)20-13-4-1-11(2-5-13)16-7-14(9-21-16)19-10-16/h1-6,8,14,19H,7,9-10H2,(H,18,20). The average molecular weight is 302 g/mol. The Morgan fingerprint density at radius 1 is 1.24 bits per heavy atom. The van der Waals surface area contributed by atoms with Crippen LogP contribution in [0.1, 0.15) is 12.0 Å². The molecular weight excluding hydrogens is 286 g/mol. The Kier molecular flexibility index (Phi) is 3.10. The van der Waals surface area contributed by atoms with Gasteiger partial charge in [0.1, 0.15) is 11.4 Å². The molecule has 2 aromatic rings. The average Bonchev–Trinajstić information content (AvgIpc) is 3.12. The highest BCUT2D eigenvalue weighted by Gasteiger charge is 2.47. The Labute approximate surface area is 128 Å². The Bertz CT molecular complexity index is 634. The number of pyridine rings is 1. The van der Waals surface area contributed by atoms with Gasteiger partial charge < -0.3 is 15.4 Å². The first-order valence-electron chi connectivity index (χ1n) is 7.10. The fourth-order valence-corrected chi connectivity index (χ4v) is 3.21. The number of halogens is 1. The van der Waals surface area contributed by atoms with Crippen LogP contribution in [-0.2, 0) is 10.3 Å².